The van der Waals surface area contributed by atoms with Gasteiger partial charge in [0.25, 0.3) is 0 Å². The molecule has 0 spiro atoms. The molecule has 0 bridgehead atoms. The van der Waals surface area contributed by atoms with Crippen molar-refractivity contribution in [3.8, 4) is 0 Å². The van der Waals surface area contributed by atoms with Gasteiger partial charge in [0, 0.05) is 19.1 Å². The van der Waals surface area contributed by atoms with E-state index in [1.54, 1.807) is 0 Å². The summed E-state index contributed by atoms with van der Waals surface area (Å²) in [6, 6.07) is 10.5. The largest absolute Gasteiger partial charge is 0.335 e. The van der Waals surface area contributed by atoms with Gasteiger partial charge >= 0.3 is 0 Å². The highest BCUT2D eigenvalue weighted by atomic mass is 16.2. The lowest BCUT2D eigenvalue weighted by molar-refractivity contribution is -0.146. The van der Waals surface area contributed by atoms with Gasteiger partial charge < -0.3 is 10.2 Å². The molecule has 3 heteroatoms. The molecule has 1 heterocycles. The van der Waals surface area contributed by atoms with Crippen molar-refractivity contribution in [2.45, 2.75) is 46.7 Å². The molecule has 3 nitrogen and oxygen atoms in total. The molecule has 1 aromatic rings. The Morgan fingerprint density at radius 3 is 2.38 bits per heavy atom. The fourth-order valence-electron chi connectivity index (χ4n) is 3.19. The summed E-state index contributed by atoms with van der Waals surface area (Å²) in [7, 11) is 0. The monoisotopic (exact) mass is 288 g/mol. The van der Waals surface area contributed by atoms with Crippen LogP contribution in [0.2, 0.25) is 0 Å². The molecule has 21 heavy (non-hydrogen) atoms. The van der Waals surface area contributed by atoms with E-state index in [0.717, 1.165) is 19.5 Å². The first-order chi connectivity index (χ1) is 9.97. The van der Waals surface area contributed by atoms with Gasteiger partial charge in [0.15, 0.2) is 0 Å². The van der Waals surface area contributed by atoms with Crippen LogP contribution in [-0.4, -0.2) is 29.9 Å². The first kappa shape index (κ1) is 16.0. The standard InChI is InChI=1S/C18H28N2O/c1-14(2)18(10-11-19-13-18)17(21)20(15(3)4)12-16-8-6-5-7-9-16/h5-9,14-15,19H,10-13H2,1-4H3. The fourth-order valence-corrected chi connectivity index (χ4v) is 3.19. The summed E-state index contributed by atoms with van der Waals surface area (Å²) in [5.74, 6) is 0.665. The predicted molar refractivity (Wildman–Crippen MR) is 86.9 cm³/mol. The lowest BCUT2D eigenvalue weighted by atomic mass is 9.75. The Morgan fingerprint density at radius 2 is 1.90 bits per heavy atom. The maximum absolute atomic E-state index is 13.2. The van der Waals surface area contributed by atoms with E-state index in [4.69, 9.17) is 0 Å². The quantitative estimate of drug-likeness (QED) is 0.903. The van der Waals surface area contributed by atoms with Gasteiger partial charge in [0.05, 0.1) is 5.41 Å². The van der Waals surface area contributed by atoms with E-state index in [-0.39, 0.29) is 11.5 Å². The topological polar surface area (TPSA) is 32.3 Å². The van der Waals surface area contributed by atoms with Crippen LogP contribution in [0.3, 0.4) is 0 Å². The van der Waals surface area contributed by atoms with Crippen LogP contribution in [0.25, 0.3) is 0 Å². The number of nitrogens with one attached hydrogen (secondary N) is 1. The highest BCUT2D eigenvalue weighted by molar-refractivity contribution is 5.84. The number of nitrogens with zero attached hydrogens (tertiary/aromatic N) is 1. The number of carbonyl (C=O) groups excluding carboxylic acids is 1. The second kappa shape index (κ2) is 6.61. The minimum Gasteiger partial charge on any atom is -0.335 e. The molecule has 0 radical (unpaired) electrons. The molecule has 0 saturated carbocycles. The summed E-state index contributed by atoms with van der Waals surface area (Å²) in [6.45, 7) is 11.0. The third-order valence-electron chi connectivity index (χ3n) is 4.80. The molecule has 2 rings (SSSR count). The van der Waals surface area contributed by atoms with Crippen LogP contribution in [0, 0.1) is 11.3 Å². The molecule has 1 aromatic carbocycles. The highest BCUT2D eigenvalue weighted by Crippen LogP contribution is 2.37. The maximum Gasteiger partial charge on any atom is 0.230 e. The van der Waals surface area contributed by atoms with Crippen LogP contribution in [0.1, 0.15) is 39.7 Å². The molecular weight excluding hydrogens is 260 g/mol. The van der Waals surface area contributed by atoms with Crippen molar-refractivity contribution in [2.24, 2.45) is 11.3 Å². The van der Waals surface area contributed by atoms with E-state index in [1.807, 2.05) is 23.1 Å². The third kappa shape index (κ3) is 3.29. The van der Waals surface area contributed by atoms with Crippen molar-refractivity contribution in [1.82, 2.24) is 10.2 Å². The first-order valence-electron chi connectivity index (χ1n) is 8.03. The number of rotatable bonds is 5. The van der Waals surface area contributed by atoms with Gasteiger partial charge in [-0.1, -0.05) is 44.2 Å². The molecule has 1 unspecified atom stereocenters. The minimum absolute atomic E-state index is 0.217. The minimum atomic E-state index is -0.237. The Kier molecular flexibility index (Phi) is 5.04. The average molecular weight is 288 g/mol. The van der Waals surface area contributed by atoms with Gasteiger partial charge in [0.1, 0.15) is 0 Å². The molecule has 1 aliphatic heterocycles. The maximum atomic E-state index is 13.2. The van der Waals surface area contributed by atoms with Crippen LogP contribution in [-0.2, 0) is 11.3 Å². The molecule has 1 amide bonds. The van der Waals surface area contributed by atoms with Crippen molar-refractivity contribution in [3.63, 3.8) is 0 Å². The number of hydrogen-bond acceptors (Lipinski definition) is 2. The predicted octanol–water partition coefficient (Wildman–Crippen LogP) is 3.06. The van der Waals surface area contributed by atoms with Gasteiger partial charge in [-0.05, 0) is 38.3 Å². The Hall–Kier alpha value is -1.35. The van der Waals surface area contributed by atoms with Gasteiger partial charge in [-0.3, -0.25) is 4.79 Å². The number of hydrogen-bond donors (Lipinski definition) is 1. The van der Waals surface area contributed by atoms with Gasteiger partial charge in [-0.15, -0.1) is 0 Å². The highest BCUT2D eigenvalue weighted by Gasteiger charge is 2.46. The lowest BCUT2D eigenvalue weighted by Crippen LogP contribution is -2.50. The SMILES string of the molecule is CC(C)N(Cc1ccccc1)C(=O)C1(C(C)C)CCNC1. The summed E-state index contributed by atoms with van der Waals surface area (Å²) < 4.78 is 0. The Balaban J connectivity index is 2.23. The Morgan fingerprint density at radius 1 is 1.24 bits per heavy atom. The summed E-state index contributed by atoms with van der Waals surface area (Å²) in [4.78, 5) is 15.3. The summed E-state index contributed by atoms with van der Waals surface area (Å²) >= 11 is 0. The molecule has 1 atom stereocenters. The van der Waals surface area contributed by atoms with Crippen LogP contribution in [0.4, 0.5) is 0 Å². The van der Waals surface area contributed by atoms with E-state index < -0.39 is 0 Å². The molecule has 1 fully saturated rings. The van der Waals surface area contributed by atoms with Gasteiger partial charge in [-0.25, -0.2) is 0 Å². The van der Waals surface area contributed by atoms with Crippen LogP contribution >= 0.6 is 0 Å². The van der Waals surface area contributed by atoms with E-state index in [2.05, 4.69) is 45.1 Å². The zero-order chi connectivity index (χ0) is 15.5. The second-order valence-electron chi connectivity index (χ2n) is 6.75. The van der Waals surface area contributed by atoms with Crippen molar-refractivity contribution < 1.29 is 4.79 Å². The molecule has 1 aliphatic rings. The summed E-state index contributed by atoms with van der Waals surface area (Å²) in [5.41, 5.74) is 0.961. The molecule has 0 aromatic heterocycles. The zero-order valence-corrected chi connectivity index (χ0v) is 13.7. The fraction of sp³-hybridized carbons (Fsp3) is 0.611. The van der Waals surface area contributed by atoms with E-state index in [0.29, 0.717) is 18.4 Å². The Labute approximate surface area is 128 Å². The van der Waals surface area contributed by atoms with E-state index in [1.165, 1.54) is 5.56 Å². The molecule has 0 aliphatic carbocycles. The number of carbonyl (C=O) groups is 1. The van der Waals surface area contributed by atoms with Crippen molar-refractivity contribution >= 4 is 5.91 Å². The average Bonchev–Trinajstić information content (AvgIpc) is 2.95. The second-order valence-corrected chi connectivity index (χ2v) is 6.75. The van der Waals surface area contributed by atoms with Crippen molar-refractivity contribution in [1.29, 1.82) is 0 Å². The lowest BCUT2D eigenvalue weighted by Gasteiger charge is -2.39. The summed E-state index contributed by atoms with van der Waals surface area (Å²) in [6.07, 6.45) is 0.946. The van der Waals surface area contributed by atoms with Crippen LogP contribution < -0.4 is 5.32 Å². The molecule has 1 saturated heterocycles. The number of amides is 1. The van der Waals surface area contributed by atoms with E-state index in [9.17, 15) is 4.79 Å². The Bertz CT molecular complexity index is 461. The summed E-state index contributed by atoms with van der Waals surface area (Å²) in [5, 5.41) is 3.39. The van der Waals surface area contributed by atoms with Crippen molar-refractivity contribution in [2.75, 3.05) is 13.1 Å². The third-order valence-corrected chi connectivity index (χ3v) is 4.80. The number of benzene rings is 1. The molecular formula is C18H28N2O. The smallest absolute Gasteiger partial charge is 0.230 e. The zero-order valence-electron chi connectivity index (χ0n) is 13.7. The van der Waals surface area contributed by atoms with Gasteiger partial charge in [0.2, 0.25) is 5.91 Å². The molecule has 116 valence electrons. The van der Waals surface area contributed by atoms with E-state index >= 15 is 0 Å². The van der Waals surface area contributed by atoms with Gasteiger partial charge in [-0.2, -0.15) is 0 Å². The normalized spacial score (nSPS) is 22.0. The molecule has 1 N–H and O–H groups in total. The first-order valence-corrected chi connectivity index (χ1v) is 8.03. The van der Waals surface area contributed by atoms with Crippen LogP contribution in [0.15, 0.2) is 30.3 Å². The van der Waals surface area contributed by atoms with Crippen molar-refractivity contribution in [3.05, 3.63) is 35.9 Å². The van der Waals surface area contributed by atoms with Crippen LogP contribution in [0.5, 0.6) is 0 Å².